The molecule has 3 rings (SSSR count). The highest BCUT2D eigenvalue weighted by Crippen LogP contribution is 2.36. The molecule has 0 fully saturated rings. The van der Waals surface area contributed by atoms with E-state index >= 15 is 0 Å². The summed E-state index contributed by atoms with van der Waals surface area (Å²) in [6.07, 6.45) is -9.92. The van der Waals surface area contributed by atoms with Gasteiger partial charge in [0.15, 0.2) is 0 Å². The van der Waals surface area contributed by atoms with Gasteiger partial charge in [0.05, 0.1) is 23.3 Å². The number of carbonyl (C=O) groups is 1. The minimum absolute atomic E-state index is 0.00818. The van der Waals surface area contributed by atoms with E-state index in [1.807, 2.05) is 0 Å². The first kappa shape index (κ1) is 19.2. The minimum Gasteiger partial charge on any atom is -0.423 e. The molecule has 2 aromatic carbocycles. The zero-order valence-electron chi connectivity index (χ0n) is 13.3. The topological polar surface area (TPSA) is 58.6 Å². The average Bonchev–Trinajstić information content (AvgIpc) is 2.93. The fraction of sp³-hybridized carbons (Fsp3) is 0.188. The number of benzene rings is 2. The molecule has 0 unspecified atom stereocenters. The van der Waals surface area contributed by atoms with Crippen molar-refractivity contribution < 1.29 is 40.8 Å². The Morgan fingerprint density at radius 3 is 2.37 bits per heavy atom. The first-order chi connectivity index (χ1) is 12.5. The summed E-state index contributed by atoms with van der Waals surface area (Å²) in [6.45, 7) is 0.122. The molecule has 0 radical (unpaired) electrons. The van der Waals surface area contributed by atoms with Crippen LogP contribution in [0.15, 0.2) is 36.4 Å². The molecule has 142 valence electrons. The fourth-order valence-electron chi connectivity index (χ4n) is 2.65. The molecule has 0 aromatic heterocycles. The zero-order valence-corrected chi connectivity index (χ0v) is 13.3. The third-order valence-electron chi connectivity index (χ3n) is 3.96. The first-order valence-electron chi connectivity index (χ1n) is 7.49. The van der Waals surface area contributed by atoms with E-state index in [2.05, 4.69) is 5.32 Å². The Kier molecular flexibility index (Phi) is 4.68. The number of alkyl halides is 6. The molecule has 0 saturated heterocycles. The zero-order chi connectivity index (χ0) is 20.0. The van der Waals surface area contributed by atoms with Crippen molar-refractivity contribution in [3.8, 4) is 0 Å². The van der Waals surface area contributed by atoms with Crippen LogP contribution in [0.1, 0.15) is 27.0 Å². The molecule has 1 amide bonds. The number of carbonyl (C=O) groups excluding carboxylic acids is 1. The standard InChI is InChI=1S/C16H10BF6NO3/c18-15(19,20)9-2-4-12(16(21,22)23)11(5-9)14(25)24-10-3-1-8-7-27-17(26)13(8)6-10/h1-6,26H,7H2,(H,24,25). The molecule has 0 aliphatic carbocycles. The Hall–Kier alpha value is -2.53. The molecule has 0 saturated carbocycles. The number of fused-ring (bicyclic) bond motifs is 1. The third kappa shape index (κ3) is 3.93. The van der Waals surface area contributed by atoms with Gasteiger partial charge in [-0.05, 0) is 41.4 Å². The lowest BCUT2D eigenvalue weighted by Crippen LogP contribution is -2.28. The van der Waals surface area contributed by atoms with E-state index in [9.17, 15) is 36.2 Å². The van der Waals surface area contributed by atoms with Gasteiger partial charge in [0.2, 0.25) is 0 Å². The second kappa shape index (κ2) is 6.57. The minimum atomic E-state index is -5.02. The van der Waals surface area contributed by atoms with Gasteiger partial charge in [-0.1, -0.05) is 6.07 Å². The number of rotatable bonds is 2. The van der Waals surface area contributed by atoms with Gasteiger partial charge in [-0.25, -0.2) is 0 Å². The molecule has 4 nitrogen and oxygen atoms in total. The van der Waals surface area contributed by atoms with Gasteiger partial charge in [0.1, 0.15) is 0 Å². The van der Waals surface area contributed by atoms with Gasteiger partial charge in [-0.15, -0.1) is 0 Å². The lowest BCUT2D eigenvalue weighted by molar-refractivity contribution is -0.141. The van der Waals surface area contributed by atoms with Crippen LogP contribution in [0.2, 0.25) is 0 Å². The molecule has 11 heteroatoms. The Bertz CT molecular complexity index is 897. The predicted molar refractivity (Wildman–Crippen MR) is 83.2 cm³/mol. The first-order valence-corrected chi connectivity index (χ1v) is 7.49. The molecule has 1 heterocycles. The highest BCUT2D eigenvalue weighted by Gasteiger charge is 2.38. The van der Waals surface area contributed by atoms with Crippen LogP contribution < -0.4 is 10.8 Å². The van der Waals surface area contributed by atoms with Gasteiger partial charge < -0.3 is 15.0 Å². The molecule has 2 N–H and O–H groups in total. The van der Waals surface area contributed by atoms with Gasteiger partial charge in [0, 0.05) is 5.69 Å². The average molecular weight is 389 g/mol. The molecule has 1 aliphatic heterocycles. The van der Waals surface area contributed by atoms with Crippen LogP contribution in [-0.4, -0.2) is 18.0 Å². The Morgan fingerprint density at radius 1 is 1.04 bits per heavy atom. The van der Waals surface area contributed by atoms with Crippen LogP contribution >= 0.6 is 0 Å². The van der Waals surface area contributed by atoms with Crippen LogP contribution in [0.25, 0.3) is 0 Å². The van der Waals surface area contributed by atoms with Crippen molar-refractivity contribution in [1.29, 1.82) is 0 Å². The number of hydrogen-bond acceptors (Lipinski definition) is 3. The monoisotopic (exact) mass is 389 g/mol. The Labute approximate surface area is 148 Å². The van der Waals surface area contributed by atoms with Crippen LogP contribution in [0.5, 0.6) is 0 Å². The van der Waals surface area contributed by atoms with Gasteiger partial charge in [-0.2, -0.15) is 26.3 Å². The molecule has 1 aliphatic rings. The van der Waals surface area contributed by atoms with Gasteiger partial charge >= 0.3 is 19.5 Å². The summed E-state index contributed by atoms with van der Waals surface area (Å²) in [5.41, 5.74) is -3.08. The predicted octanol–water partition coefficient (Wildman–Crippen LogP) is 3.19. The molecule has 27 heavy (non-hydrogen) atoms. The Balaban J connectivity index is 1.97. The second-order valence-corrected chi connectivity index (χ2v) is 5.79. The normalized spacial score (nSPS) is 14.3. The fourth-order valence-corrected chi connectivity index (χ4v) is 2.65. The van der Waals surface area contributed by atoms with E-state index < -0.39 is 42.1 Å². The maximum absolute atomic E-state index is 13.1. The smallest absolute Gasteiger partial charge is 0.423 e. The summed E-state index contributed by atoms with van der Waals surface area (Å²) in [5, 5.41) is 11.8. The van der Waals surface area contributed by atoms with Crippen molar-refractivity contribution in [2.75, 3.05) is 5.32 Å². The van der Waals surface area contributed by atoms with E-state index in [0.717, 1.165) is 0 Å². The lowest BCUT2D eigenvalue weighted by Gasteiger charge is -2.16. The summed E-state index contributed by atoms with van der Waals surface area (Å²) < 4.78 is 82.7. The number of amides is 1. The van der Waals surface area contributed by atoms with Crippen molar-refractivity contribution in [3.05, 3.63) is 58.7 Å². The van der Waals surface area contributed by atoms with Crippen LogP contribution in [0.4, 0.5) is 32.0 Å². The van der Waals surface area contributed by atoms with Crippen molar-refractivity contribution in [2.45, 2.75) is 19.0 Å². The summed E-state index contributed by atoms with van der Waals surface area (Å²) in [7, 11) is -1.25. The maximum Gasteiger partial charge on any atom is 0.491 e. The highest BCUT2D eigenvalue weighted by molar-refractivity contribution is 6.61. The summed E-state index contributed by atoms with van der Waals surface area (Å²) >= 11 is 0. The largest absolute Gasteiger partial charge is 0.491 e. The molecular formula is C16H10BF6NO3. The molecule has 0 spiro atoms. The molecule has 2 aromatic rings. The third-order valence-corrected chi connectivity index (χ3v) is 3.96. The summed E-state index contributed by atoms with van der Waals surface area (Å²) in [5.74, 6) is -1.36. The highest BCUT2D eigenvalue weighted by atomic mass is 19.4. The second-order valence-electron chi connectivity index (χ2n) is 5.79. The number of nitrogens with one attached hydrogen (secondary N) is 1. The van der Waals surface area contributed by atoms with Crippen molar-refractivity contribution in [1.82, 2.24) is 0 Å². The molecule has 0 bridgehead atoms. The lowest BCUT2D eigenvalue weighted by atomic mass is 9.79. The van der Waals surface area contributed by atoms with Crippen molar-refractivity contribution in [3.63, 3.8) is 0 Å². The molecular weight excluding hydrogens is 379 g/mol. The quantitative estimate of drug-likeness (QED) is 0.613. The van der Waals surface area contributed by atoms with E-state index in [1.54, 1.807) is 0 Å². The van der Waals surface area contributed by atoms with Gasteiger partial charge in [-0.3, -0.25) is 4.79 Å². The summed E-state index contributed by atoms with van der Waals surface area (Å²) in [4.78, 5) is 12.3. The van der Waals surface area contributed by atoms with Crippen LogP contribution in [0, 0.1) is 0 Å². The van der Waals surface area contributed by atoms with Crippen molar-refractivity contribution in [2.24, 2.45) is 0 Å². The van der Waals surface area contributed by atoms with E-state index in [0.29, 0.717) is 11.0 Å². The van der Waals surface area contributed by atoms with Crippen molar-refractivity contribution >= 4 is 24.2 Å². The van der Waals surface area contributed by atoms with E-state index in [1.165, 1.54) is 18.2 Å². The Morgan fingerprint density at radius 2 is 1.74 bits per heavy atom. The number of halogens is 6. The number of hydrogen-bond donors (Lipinski definition) is 2. The van der Waals surface area contributed by atoms with Gasteiger partial charge in [0.25, 0.3) is 5.91 Å². The maximum atomic E-state index is 13.1. The SMILES string of the molecule is O=C(Nc1ccc2c(c1)B(O)OC2)c1cc(C(F)(F)F)ccc1C(F)(F)F. The summed E-state index contributed by atoms with van der Waals surface area (Å²) in [6, 6.07) is 4.76. The molecule has 0 atom stereocenters. The van der Waals surface area contributed by atoms with Crippen LogP contribution in [-0.2, 0) is 23.6 Å². The number of anilines is 1. The van der Waals surface area contributed by atoms with E-state index in [-0.39, 0.29) is 30.5 Å². The van der Waals surface area contributed by atoms with Crippen LogP contribution in [0.3, 0.4) is 0 Å². The van der Waals surface area contributed by atoms with E-state index in [4.69, 9.17) is 4.65 Å².